The minimum Gasteiger partial charge on any atom is -0.348 e. The van der Waals surface area contributed by atoms with Crippen LogP contribution >= 0.6 is 0 Å². The lowest BCUT2D eigenvalue weighted by Crippen LogP contribution is -2.41. The Morgan fingerprint density at radius 2 is 2.16 bits per heavy atom. The molecule has 0 saturated carbocycles. The van der Waals surface area contributed by atoms with Crippen LogP contribution in [0.1, 0.15) is 21.6 Å². The lowest BCUT2D eigenvalue weighted by atomic mass is 10.1. The van der Waals surface area contributed by atoms with Crippen molar-refractivity contribution in [2.45, 2.75) is 19.4 Å². The fourth-order valence-electron chi connectivity index (χ4n) is 1.93. The van der Waals surface area contributed by atoms with Crippen molar-refractivity contribution >= 4 is 5.91 Å². The third-order valence-corrected chi connectivity index (χ3v) is 3.02. The second-order valence-corrected chi connectivity index (χ2v) is 4.50. The Hall–Kier alpha value is -2.14. The Morgan fingerprint density at radius 3 is 2.74 bits per heavy atom. The van der Waals surface area contributed by atoms with Gasteiger partial charge in [-0.2, -0.15) is 5.10 Å². The Kier molecular flexibility index (Phi) is 4.30. The molecule has 1 aromatic heterocycles. The molecule has 5 nitrogen and oxygen atoms in total. The average molecular weight is 258 g/mol. The molecule has 5 heteroatoms. The number of aromatic amines is 1. The van der Waals surface area contributed by atoms with E-state index in [4.69, 9.17) is 5.73 Å². The molecule has 0 fully saturated rings. The van der Waals surface area contributed by atoms with E-state index in [1.54, 1.807) is 0 Å². The van der Waals surface area contributed by atoms with E-state index >= 15 is 0 Å². The van der Waals surface area contributed by atoms with E-state index in [0.29, 0.717) is 12.1 Å². The van der Waals surface area contributed by atoms with Gasteiger partial charge in [-0.25, -0.2) is 0 Å². The van der Waals surface area contributed by atoms with Gasteiger partial charge in [-0.3, -0.25) is 9.89 Å². The highest BCUT2D eigenvalue weighted by Crippen LogP contribution is 2.06. The minimum atomic E-state index is -0.141. The van der Waals surface area contributed by atoms with Crippen LogP contribution in [0.2, 0.25) is 0 Å². The Morgan fingerprint density at radius 1 is 1.42 bits per heavy atom. The number of nitrogens with zero attached hydrogens (tertiary/aromatic N) is 1. The van der Waals surface area contributed by atoms with Crippen molar-refractivity contribution in [3.8, 4) is 0 Å². The maximum Gasteiger partial charge on any atom is 0.255 e. The van der Waals surface area contributed by atoms with Gasteiger partial charge in [0, 0.05) is 18.3 Å². The summed E-state index contributed by atoms with van der Waals surface area (Å²) in [7, 11) is 0. The molecule has 0 aliphatic heterocycles. The Bertz CT molecular complexity index is 535. The number of carbonyl (C=O) groups excluding carboxylic acids is 1. The molecular formula is C14H18N4O. The first kappa shape index (κ1) is 13.3. The van der Waals surface area contributed by atoms with Crippen LogP contribution < -0.4 is 11.1 Å². The van der Waals surface area contributed by atoms with Crippen LogP contribution in [-0.4, -0.2) is 28.7 Å². The molecule has 1 amide bonds. The summed E-state index contributed by atoms with van der Waals surface area (Å²) in [6, 6.07) is 9.89. The molecule has 0 spiro atoms. The summed E-state index contributed by atoms with van der Waals surface area (Å²) in [5, 5.41) is 9.53. The van der Waals surface area contributed by atoms with Crippen molar-refractivity contribution in [2.75, 3.05) is 6.54 Å². The number of hydrogen-bond donors (Lipinski definition) is 3. The quantitative estimate of drug-likeness (QED) is 0.748. The second kappa shape index (κ2) is 6.15. The Labute approximate surface area is 112 Å². The van der Waals surface area contributed by atoms with Gasteiger partial charge >= 0.3 is 0 Å². The van der Waals surface area contributed by atoms with E-state index in [9.17, 15) is 4.79 Å². The molecule has 0 bridgehead atoms. The number of benzene rings is 1. The summed E-state index contributed by atoms with van der Waals surface area (Å²) >= 11 is 0. The lowest BCUT2D eigenvalue weighted by molar-refractivity contribution is 0.0937. The molecule has 1 unspecified atom stereocenters. The maximum atomic E-state index is 12.1. The summed E-state index contributed by atoms with van der Waals surface area (Å²) in [5.74, 6) is -0.141. The molecule has 4 N–H and O–H groups in total. The molecular weight excluding hydrogens is 240 g/mol. The molecule has 0 radical (unpaired) electrons. The summed E-state index contributed by atoms with van der Waals surface area (Å²) in [6.45, 7) is 2.22. The zero-order valence-corrected chi connectivity index (χ0v) is 10.9. The van der Waals surface area contributed by atoms with Gasteiger partial charge in [0.25, 0.3) is 5.91 Å². The van der Waals surface area contributed by atoms with Gasteiger partial charge < -0.3 is 11.1 Å². The van der Waals surface area contributed by atoms with Crippen molar-refractivity contribution in [1.82, 2.24) is 15.5 Å². The monoisotopic (exact) mass is 258 g/mol. The van der Waals surface area contributed by atoms with Crippen molar-refractivity contribution in [3.63, 3.8) is 0 Å². The van der Waals surface area contributed by atoms with Gasteiger partial charge in [0.2, 0.25) is 0 Å². The Balaban J connectivity index is 2.00. The smallest absolute Gasteiger partial charge is 0.255 e. The largest absolute Gasteiger partial charge is 0.348 e. The molecule has 2 aromatic rings. The summed E-state index contributed by atoms with van der Waals surface area (Å²) < 4.78 is 0. The predicted molar refractivity (Wildman–Crippen MR) is 73.8 cm³/mol. The first-order chi connectivity index (χ1) is 9.20. The van der Waals surface area contributed by atoms with Crippen molar-refractivity contribution < 1.29 is 4.79 Å². The number of nitrogens with one attached hydrogen (secondary N) is 2. The lowest BCUT2D eigenvalue weighted by Gasteiger charge is -2.16. The van der Waals surface area contributed by atoms with Crippen molar-refractivity contribution in [1.29, 1.82) is 0 Å². The first-order valence-corrected chi connectivity index (χ1v) is 6.25. The van der Waals surface area contributed by atoms with Crippen LogP contribution in [0.5, 0.6) is 0 Å². The van der Waals surface area contributed by atoms with Crippen LogP contribution in [0.25, 0.3) is 0 Å². The molecule has 0 aliphatic carbocycles. The molecule has 1 heterocycles. The highest BCUT2D eigenvalue weighted by Gasteiger charge is 2.15. The highest BCUT2D eigenvalue weighted by atomic mass is 16.1. The number of hydrogen-bond acceptors (Lipinski definition) is 3. The standard InChI is InChI=1S/C14H18N4O/c1-10-13(9-16-18-10)14(19)17-12(8-15)7-11-5-3-2-4-6-11/h2-6,9,12H,7-8,15H2,1H3,(H,16,18)(H,17,19). The molecule has 1 atom stereocenters. The van der Waals surface area contributed by atoms with E-state index in [0.717, 1.165) is 17.7 Å². The van der Waals surface area contributed by atoms with E-state index < -0.39 is 0 Å². The number of H-pyrrole nitrogens is 1. The third-order valence-electron chi connectivity index (χ3n) is 3.02. The van der Waals surface area contributed by atoms with Gasteiger partial charge in [0.05, 0.1) is 11.8 Å². The van der Waals surface area contributed by atoms with Crippen LogP contribution in [0, 0.1) is 6.92 Å². The maximum absolute atomic E-state index is 12.1. The summed E-state index contributed by atoms with van der Waals surface area (Å²) in [4.78, 5) is 12.1. The average Bonchev–Trinajstić information content (AvgIpc) is 2.85. The topological polar surface area (TPSA) is 83.8 Å². The molecule has 0 saturated heterocycles. The van der Waals surface area contributed by atoms with Gasteiger partial charge in [-0.1, -0.05) is 30.3 Å². The van der Waals surface area contributed by atoms with E-state index in [-0.39, 0.29) is 11.9 Å². The van der Waals surface area contributed by atoms with Crippen molar-refractivity contribution in [3.05, 3.63) is 53.3 Å². The number of rotatable bonds is 5. The fraction of sp³-hybridized carbons (Fsp3) is 0.286. The molecule has 1 aromatic carbocycles. The van der Waals surface area contributed by atoms with Crippen LogP contribution in [0.4, 0.5) is 0 Å². The second-order valence-electron chi connectivity index (χ2n) is 4.50. The summed E-state index contributed by atoms with van der Waals surface area (Å²) in [5.41, 5.74) is 8.20. The predicted octanol–water partition coefficient (Wildman–Crippen LogP) is 1.02. The van der Waals surface area contributed by atoms with Gasteiger partial charge in [0.1, 0.15) is 0 Å². The van der Waals surface area contributed by atoms with Gasteiger partial charge in [-0.05, 0) is 18.9 Å². The van der Waals surface area contributed by atoms with Crippen LogP contribution in [0.15, 0.2) is 36.5 Å². The minimum absolute atomic E-state index is 0.0794. The van der Waals surface area contributed by atoms with Crippen LogP contribution in [0.3, 0.4) is 0 Å². The van der Waals surface area contributed by atoms with E-state index in [1.165, 1.54) is 6.20 Å². The third kappa shape index (κ3) is 3.42. The van der Waals surface area contributed by atoms with Gasteiger partial charge in [0.15, 0.2) is 0 Å². The van der Waals surface area contributed by atoms with Crippen LogP contribution in [-0.2, 0) is 6.42 Å². The summed E-state index contributed by atoms with van der Waals surface area (Å²) in [6.07, 6.45) is 2.25. The molecule has 2 rings (SSSR count). The first-order valence-electron chi connectivity index (χ1n) is 6.25. The highest BCUT2D eigenvalue weighted by molar-refractivity contribution is 5.95. The molecule has 0 aliphatic rings. The van der Waals surface area contributed by atoms with E-state index in [2.05, 4.69) is 15.5 Å². The number of carbonyl (C=O) groups is 1. The number of aryl methyl sites for hydroxylation is 1. The SMILES string of the molecule is Cc1[nH]ncc1C(=O)NC(CN)Cc1ccccc1. The molecule has 100 valence electrons. The van der Waals surface area contributed by atoms with Gasteiger partial charge in [-0.15, -0.1) is 0 Å². The normalized spacial score (nSPS) is 12.1. The zero-order chi connectivity index (χ0) is 13.7. The zero-order valence-electron chi connectivity index (χ0n) is 10.9. The van der Waals surface area contributed by atoms with Crippen molar-refractivity contribution in [2.24, 2.45) is 5.73 Å². The fourth-order valence-corrected chi connectivity index (χ4v) is 1.93. The number of nitrogens with two attached hydrogens (primary N) is 1. The number of aromatic nitrogens is 2. The molecule has 19 heavy (non-hydrogen) atoms. The number of amides is 1. The van der Waals surface area contributed by atoms with E-state index in [1.807, 2.05) is 37.3 Å².